The molecule has 0 spiro atoms. The molecular formula is C15H21F3N2O. The highest BCUT2D eigenvalue weighted by molar-refractivity contribution is 5.58. The van der Waals surface area contributed by atoms with Crippen molar-refractivity contribution < 1.29 is 17.9 Å². The van der Waals surface area contributed by atoms with Gasteiger partial charge in [-0.05, 0) is 31.5 Å². The number of rotatable bonds is 5. The normalized spacial score (nSPS) is 16.6. The molecule has 0 bridgehead atoms. The molecule has 1 aromatic carbocycles. The Morgan fingerprint density at radius 2 is 1.95 bits per heavy atom. The topological polar surface area (TPSA) is 24.5 Å². The van der Waals surface area contributed by atoms with Crippen LogP contribution >= 0.6 is 0 Å². The summed E-state index contributed by atoms with van der Waals surface area (Å²) in [5.41, 5.74) is 0.966. The highest BCUT2D eigenvalue weighted by Crippen LogP contribution is 2.29. The van der Waals surface area contributed by atoms with Gasteiger partial charge in [-0.1, -0.05) is 12.1 Å². The number of anilines is 1. The quantitative estimate of drug-likeness (QED) is 0.845. The van der Waals surface area contributed by atoms with E-state index < -0.39 is 12.6 Å². The van der Waals surface area contributed by atoms with Crippen LogP contribution in [0.4, 0.5) is 18.9 Å². The Kier molecular flexibility index (Phi) is 5.73. The number of hydrogen-bond donors (Lipinski definition) is 1. The zero-order valence-corrected chi connectivity index (χ0v) is 12.0. The van der Waals surface area contributed by atoms with Crippen molar-refractivity contribution in [2.24, 2.45) is 0 Å². The number of ether oxygens (including phenoxy) is 1. The van der Waals surface area contributed by atoms with Gasteiger partial charge in [0.25, 0.3) is 0 Å². The van der Waals surface area contributed by atoms with E-state index in [1.165, 1.54) is 0 Å². The Labute approximate surface area is 123 Å². The van der Waals surface area contributed by atoms with Gasteiger partial charge in [0.2, 0.25) is 0 Å². The lowest BCUT2D eigenvalue weighted by atomic mass is 10.2. The zero-order valence-electron chi connectivity index (χ0n) is 12.0. The first kappa shape index (κ1) is 15.9. The second-order valence-electron chi connectivity index (χ2n) is 5.13. The van der Waals surface area contributed by atoms with Gasteiger partial charge in [0.15, 0.2) is 0 Å². The van der Waals surface area contributed by atoms with Gasteiger partial charge >= 0.3 is 6.18 Å². The summed E-state index contributed by atoms with van der Waals surface area (Å²) < 4.78 is 41.9. The van der Waals surface area contributed by atoms with Crippen molar-refractivity contribution in [2.75, 3.05) is 37.7 Å². The second kappa shape index (κ2) is 7.54. The molecule has 0 atom stereocenters. The fourth-order valence-electron chi connectivity index (χ4n) is 2.38. The Morgan fingerprint density at radius 1 is 1.14 bits per heavy atom. The molecule has 0 unspecified atom stereocenters. The third-order valence-electron chi connectivity index (χ3n) is 3.41. The molecule has 1 N–H and O–H groups in total. The Bertz CT molecular complexity index is 429. The molecule has 2 rings (SSSR count). The van der Waals surface area contributed by atoms with Crippen LogP contribution in [0.25, 0.3) is 0 Å². The second-order valence-corrected chi connectivity index (χ2v) is 5.13. The van der Waals surface area contributed by atoms with Gasteiger partial charge in [0.05, 0.1) is 12.3 Å². The minimum Gasteiger partial charge on any atom is -0.491 e. The number of benzene rings is 1. The summed E-state index contributed by atoms with van der Waals surface area (Å²) in [6.45, 7) is 3.79. The minimum absolute atomic E-state index is 0.0145. The number of nitrogens with one attached hydrogen (secondary N) is 1. The third-order valence-corrected chi connectivity index (χ3v) is 3.41. The molecule has 1 aliphatic rings. The van der Waals surface area contributed by atoms with E-state index in [9.17, 15) is 13.2 Å². The maximum Gasteiger partial charge on any atom is 0.389 e. The first-order valence-corrected chi connectivity index (χ1v) is 7.30. The highest BCUT2D eigenvalue weighted by atomic mass is 19.4. The number of para-hydroxylation sites is 2. The molecule has 1 heterocycles. The van der Waals surface area contributed by atoms with E-state index in [4.69, 9.17) is 4.74 Å². The summed E-state index contributed by atoms with van der Waals surface area (Å²) in [4.78, 5) is 2.22. The van der Waals surface area contributed by atoms with Crippen LogP contribution < -0.4 is 15.0 Å². The van der Waals surface area contributed by atoms with Crippen molar-refractivity contribution >= 4 is 5.69 Å². The summed E-state index contributed by atoms with van der Waals surface area (Å²) in [5, 5.41) is 3.33. The van der Waals surface area contributed by atoms with Crippen molar-refractivity contribution in [2.45, 2.75) is 25.4 Å². The third kappa shape index (κ3) is 5.46. The van der Waals surface area contributed by atoms with Crippen molar-refractivity contribution in [1.82, 2.24) is 5.32 Å². The van der Waals surface area contributed by atoms with E-state index in [1.807, 2.05) is 24.3 Å². The van der Waals surface area contributed by atoms with Gasteiger partial charge in [0, 0.05) is 26.1 Å². The first-order valence-electron chi connectivity index (χ1n) is 7.30. The van der Waals surface area contributed by atoms with Gasteiger partial charge in [-0.15, -0.1) is 0 Å². The standard InChI is InChI=1S/C15H21F3N2O/c16-15(17,18)7-3-12-21-14-6-2-1-5-13(14)20-10-4-8-19-9-11-20/h1-2,5-6,19H,3-4,7-12H2. The smallest absolute Gasteiger partial charge is 0.389 e. The Hall–Kier alpha value is -1.43. The molecule has 0 amide bonds. The molecule has 3 nitrogen and oxygen atoms in total. The van der Waals surface area contributed by atoms with Crippen molar-refractivity contribution in [3.8, 4) is 5.75 Å². The van der Waals surface area contributed by atoms with E-state index in [1.54, 1.807) is 0 Å². The fourth-order valence-corrected chi connectivity index (χ4v) is 2.38. The van der Waals surface area contributed by atoms with Crippen molar-refractivity contribution in [1.29, 1.82) is 0 Å². The zero-order chi connectivity index (χ0) is 15.1. The van der Waals surface area contributed by atoms with Crippen LogP contribution in [0.5, 0.6) is 5.75 Å². The molecule has 6 heteroatoms. The predicted octanol–water partition coefficient (Wildman–Crippen LogP) is 3.21. The molecule has 0 saturated carbocycles. The van der Waals surface area contributed by atoms with Crippen molar-refractivity contribution in [3.05, 3.63) is 24.3 Å². The molecule has 1 fully saturated rings. The number of halogens is 3. The Morgan fingerprint density at radius 3 is 2.76 bits per heavy atom. The van der Waals surface area contributed by atoms with Gasteiger partial charge in [-0.2, -0.15) is 13.2 Å². The van der Waals surface area contributed by atoms with Crippen LogP contribution in [0.3, 0.4) is 0 Å². The minimum atomic E-state index is -4.11. The van der Waals surface area contributed by atoms with Crippen LogP contribution in [0, 0.1) is 0 Å². The largest absolute Gasteiger partial charge is 0.491 e. The van der Waals surface area contributed by atoms with Crippen LogP contribution in [-0.2, 0) is 0 Å². The molecule has 21 heavy (non-hydrogen) atoms. The highest BCUT2D eigenvalue weighted by Gasteiger charge is 2.26. The monoisotopic (exact) mass is 302 g/mol. The molecule has 1 aliphatic heterocycles. The number of alkyl halides is 3. The fraction of sp³-hybridized carbons (Fsp3) is 0.600. The molecule has 1 saturated heterocycles. The van der Waals surface area contributed by atoms with E-state index in [-0.39, 0.29) is 13.0 Å². The SMILES string of the molecule is FC(F)(F)CCCOc1ccccc1N1CCCNCC1. The van der Waals surface area contributed by atoms with Gasteiger partial charge in [-0.3, -0.25) is 0 Å². The average Bonchev–Trinajstić information content (AvgIpc) is 2.72. The lowest BCUT2D eigenvalue weighted by molar-refractivity contribution is -0.136. The lowest BCUT2D eigenvalue weighted by Gasteiger charge is -2.25. The van der Waals surface area contributed by atoms with Crippen LogP contribution in [0.15, 0.2) is 24.3 Å². The van der Waals surface area contributed by atoms with E-state index >= 15 is 0 Å². The van der Waals surface area contributed by atoms with E-state index in [2.05, 4.69) is 10.2 Å². The maximum atomic E-state index is 12.1. The van der Waals surface area contributed by atoms with Crippen LogP contribution in [0.2, 0.25) is 0 Å². The van der Waals surface area contributed by atoms with Gasteiger partial charge < -0.3 is 15.0 Å². The predicted molar refractivity (Wildman–Crippen MR) is 76.9 cm³/mol. The van der Waals surface area contributed by atoms with E-state index in [0.29, 0.717) is 5.75 Å². The molecule has 118 valence electrons. The summed E-state index contributed by atoms with van der Waals surface area (Å²) in [6.07, 6.45) is -3.88. The summed E-state index contributed by atoms with van der Waals surface area (Å²) in [6, 6.07) is 7.56. The van der Waals surface area contributed by atoms with E-state index in [0.717, 1.165) is 38.3 Å². The molecule has 1 aromatic rings. The number of nitrogens with zero attached hydrogens (tertiary/aromatic N) is 1. The molecule has 0 radical (unpaired) electrons. The molecule has 0 aliphatic carbocycles. The Balaban J connectivity index is 1.93. The lowest BCUT2D eigenvalue weighted by Crippen LogP contribution is -2.28. The molecule has 0 aromatic heterocycles. The van der Waals surface area contributed by atoms with Crippen LogP contribution in [-0.4, -0.2) is 39.0 Å². The molecular weight excluding hydrogens is 281 g/mol. The summed E-state index contributed by atoms with van der Waals surface area (Å²) in [7, 11) is 0. The van der Waals surface area contributed by atoms with Crippen molar-refractivity contribution in [3.63, 3.8) is 0 Å². The number of hydrogen-bond acceptors (Lipinski definition) is 3. The van der Waals surface area contributed by atoms with Gasteiger partial charge in [0.1, 0.15) is 5.75 Å². The average molecular weight is 302 g/mol. The summed E-state index contributed by atoms with van der Waals surface area (Å²) in [5.74, 6) is 0.668. The van der Waals surface area contributed by atoms with Crippen LogP contribution in [0.1, 0.15) is 19.3 Å². The summed E-state index contributed by atoms with van der Waals surface area (Å²) >= 11 is 0. The van der Waals surface area contributed by atoms with Gasteiger partial charge in [-0.25, -0.2) is 0 Å². The maximum absolute atomic E-state index is 12.1. The first-order chi connectivity index (χ1) is 10.1.